The van der Waals surface area contributed by atoms with Gasteiger partial charge in [0.05, 0.1) is 5.92 Å². The largest absolute Gasteiger partial charge is 0.481 e. The van der Waals surface area contributed by atoms with Crippen LogP contribution < -0.4 is 5.32 Å². The van der Waals surface area contributed by atoms with Crippen molar-refractivity contribution in [3.8, 4) is 0 Å². The van der Waals surface area contributed by atoms with Gasteiger partial charge in [-0.3, -0.25) is 9.59 Å². The van der Waals surface area contributed by atoms with E-state index in [1.165, 1.54) is 0 Å². The molecule has 7 heteroatoms. The van der Waals surface area contributed by atoms with Crippen molar-refractivity contribution in [1.82, 2.24) is 5.32 Å². The Morgan fingerprint density at radius 2 is 1.78 bits per heavy atom. The first-order valence-corrected chi connectivity index (χ1v) is 5.80. The van der Waals surface area contributed by atoms with Crippen molar-refractivity contribution in [1.29, 1.82) is 0 Å². The second-order valence-corrected chi connectivity index (χ2v) is 5.43. The van der Waals surface area contributed by atoms with E-state index in [-0.39, 0.29) is 23.8 Å². The zero-order valence-corrected chi connectivity index (χ0v) is 9.59. The van der Waals surface area contributed by atoms with E-state index in [0.29, 0.717) is 12.8 Å². The Hall–Kier alpha value is -1.27. The number of halogens is 3. The number of carboxylic acid groups (broad SMARTS) is 1. The third-order valence-corrected chi connectivity index (χ3v) is 3.96. The van der Waals surface area contributed by atoms with Crippen LogP contribution in [-0.2, 0) is 9.59 Å². The van der Waals surface area contributed by atoms with E-state index in [9.17, 15) is 22.8 Å². The lowest BCUT2D eigenvalue weighted by molar-refractivity contribution is -0.174. The van der Waals surface area contributed by atoms with Crippen molar-refractivity contribution < 1.29 is 27.9 Å². The second kappa shape index (κ2) is 4.13. The predicted molar refractivity (Wildman–Crippen MR) is 54.6 cm³/mol. The molecular weight excluding hydrogens is 251 g/mol. The van der Waals surface area contributed by atoms with Crippen molar-refractivity contribution in [2.75, 3.05) is 6.54 Å². The SMILES string of the molecule is O=C(O)C1CC2(CC(CNC(=O)C(F)(F)F)C2)C1. The molecule has 0 aliphatic heterocycles. The number of amides is 1. The average Bonchev–Trinajstić information content (AvgIpc) is 2.09. The number of carbonyl (C=O) groups is 2. The van der Waals surface area contributed by atoms with Crippen LogP contribution in [0.4, 0.5) is 13.2 Å². The molecule has 0 atom stereocenters. The molecule has 18 heavy (non-hydrogen) atoms. The van der Waals surface area contributed by atoms with Crippen LogP contribution in [0.1, 0.15) is 25.7 Å². The minimum absolute atomic E-state index is 0.0245. The van der Waals surface area contributed by atoms with Gasteiger partial charge in [-0.25, -0.2) is 0 Å². The summed E-state index contributed by atoms with van der Waals surface area (Å²) in [4.78, 5) is 21.2. The summed E-state index contributed by atoms with van der Waals surface area (Å²) < 4.78 is 35.7. The Morgan fingerprint density at radius 1 is 1.22 bits per heavy atom. The van der Waals surface area contributed by atoms with Gasteiger partial charge in [0.25, 0.3) is 0 Å². The number of nitrogens with one attached hydrogen (secondary N) is 1. The van der Waals surface area contributed by atoms with Gasteiger partial charge in [-0.05, 0) is 37.0 Å². The molecule has 0 bridgehead atoms. The quantitative estimate of drug-likeness (QED) is 0.813. The normalized spacial score (nSPS) is 34.6. The summed E-state index contributed by atoms with van der Waals surface area (Å²) in [7, 11) is 0. The Labute approximate surface area is 102 Å². The van der Waals surface area contributed by atoms with E-state index in [2.05, 4.69) is 0 Å². The minimum atomic E-state index is -4.83. The Kier molecular flexibility index (Phi) is 3.03. The maximum atomic E-state index is 11.9. The third-order valence-electron chi connectivity index (χ3n) is 3.96. The molecule has 2 aliphatic rings. The summed E-state index contributed by atoms with van der Waals surface area (Å²) in [6, 6.07) is 0. The van der Waals surface area contributed by atoms with Gasteiger partial charge in [-0.1, -0.05) is 0 Å². The molecule has 2 fully saturated rings. The lowest BCUT2D eigenvalue weighted by atomic mass is 9.48. The molecule has 1 spiro atoms. The zero-order valence-electron chi connectivity index (χ0n) is 9.59. The molecule has 0 saturated heterocycles. The predicted octanol–water partition coefficient (Wildman–Crippen LogP) is 1.56. The highest BCUT2D eigenvalue weighted by Gasteiger charge is 2.54. The fourth-order valence-corrected chi connectivity index (χ4v) is 3.14. The molecule has 0 radical (unpaired) electrons. The zero-order chi connectivity index (χ0) is 13.6. The van der Waals surface area contributed by atoms with Gasteiger partial charge >= 0.3 is 18.1 Å². The summed E-state index contributed by atoms with van der Waals surface area (Å²) >= 11 is 0. The highest BCUT2D eigenvalue weighted by Crippen LogP contribution is 2.60. The highest BCUT2D eigenvalue weighted by molar-refractivity contribution is 5.81. The smallest absolute Gasteiger partial charge is 0.471 e. The van der Waals surface area contributed by atoms with Crippen molar-refractivity contribution in [2.45, 2.75) is 31.9 Å². The fourth-order valence-electron chi connectivity index (χ4n) is 3.14. The molecule has 0 unspecified atom stereocenters. The number of carbonyl (C=O) groups excluding carboxylic acids is 1. The van der Waals surface area contributed by atoms with Gasteiger partial charge < -0.3 is 10.4 Å². The number of hydrogen-bond donors (Lipinski definition) is 2. The topological polar surface area (TPSA) is 66.4 Å². The van der Waals surface area contributed by atoms with Gasteiger partial charge in [-0.15, -0.1) is 0 Å². The molecule has 2 N–H and O–H groups in total. The number of hydrogen-bond acceptors (Lipinski definition) is 2. The fraction of sp³-hybridized carbons (Fsp3) is 0.818. The lowest BCUT2D eigenvalue weighted by Crippen LogP contribution is -2.52. The van der Waals surface area contributed by atoms with Gasteiger partial charge in [-0.2, -0.15) is 13.2 Å². The highest BCUT2D eigenvalue weighted by atomic mass is 19.4. The summed E-state index contributed by atoms with van der Waals surface area (Å²) in [6.07, 6.45) is -2.16. The number of alkyl halides is 3. The van der Waals surface area contributed by atoms with E-state index < -0.39 is 18.1 Å². The van der Waals surface area contributed by atoms with E-state index in [1.807, 2.05) is 5.32 Å². The van der Waals surface area contributed by atoms with Crippen LogP contribution in [0.2, 0.25) is 0 Å². The van der Waals surface area contributed by atoms with Crippen molar-refractivity contribution in [3.05, 3.63) is 0 Å². The molecule has 102 valence electrons. The van der Waals surface area contributed by atoms with Crippen LogP contribution >= 0.6 is 0 Å². The van der Waals surface area contributed by atoms with Gasteiger partial charge in [0, 0.05) is 6.54 Å². The van der Waals surface area contributed by atoms with Gasteiger partial charge in [0.1, 0.15) is 0 Å². The van der Waals surface area contributed by atoms with E-state index >= 15 is 0 Å². The molecule has 4 nitrogen and oxygen atoms in total. The number of carboxylic acids is 1. The molecule has 0 aromatic rings. The minimum Gasteiger partial charge on any atom is -0.481 e. The van der Waals surface area contributed by atoms with Gasteiger partial charge in [0.2, 0.25) is 0 Å². The Morgan fingerprint density at radius 3 is 2.22 bits per heavy atom. The lowest BCUT2D eigenvalue weighted by Gasteiger charge is -2.56. The van der Waals surface area contributed by atoms with Crippen LogP contribution in [-0.4, -0.2) is 29.7 Å². The van der Waals surface area contributed by atoms with E-state index in [4.69, 9.17) is 5.11 Å². The first-order valence-electron chi connectivity index (χ1n) is 5.80. The number of aliphatic carboxylic acids is 1. The van der Waals surface area contributed by atoms with Crippen LogP contribution in [0.5, 0.6) is 0 Å². The number of rotatable bonds is 3. The molecule has 0 aromatic heterocycles. The second-order valence-electron chi connectivity index (χ2n) is 5.43. The Balaban J connectivity index is 1.66. The van der Waals surface area contributed by atoms with Crippen LogP contribution in [0.25, 0.3) is 0 Å². The maximum absolute atomic E-state index is 11.9. The van der Waals surface area contributed by atoms with Crippen LogP contribution in [0, 0.1) is 17.3 Å². The first-order chi connectivity index (χ1) is 8.22. The van der Waals surface area contributed by atoms with Crippen molar-refractivity contribution >= 4 is 11.9 Å². The maximum Gasteiger partial charge on any atom is 0.471 e. The third kappa shape index (κ3) is 2.44. The standard InChI is InChI=1S/C11H14F3NO3/c12-11(13,14)9(18)15-5-6-1-10(2-6)3-7(4-10)8(16)17/h6-7H,1-5H2,(H,15,18)(H,16,17). The summed E-state index contributed by atoms with van der Waals surface area (Å²) in [5.41, 5.74) is 0.0245. The van der Waals surface area contributed by atoms with Crippen molar-refractivity contribution in [2.24, 2.45) is 17.3 Å². The van der Waals surface area contributed by atoms with Crippen molar-refractivity contribution in [3.63, 3.8) is 0 Å². The molecule has 2 saturated carbocycles. The summed E-state index contributed by atoms with van der Waals surface area (Å²) in [6.45, 7) is 0.0256. The first kappa shape index (κ1) is 13.2. The van der Waals surface area contributed by atoms with E-state index in [0.717, 1.165) is 12.8 Å². The van der Waals surface area contributed by atoms with E-state index in [1.54, 1.807) is 0 Å². The van der Waals surface area contributed by atoms with Gasteiger partial charge in [0.15, 0.2) is 0 Å². The Bertz CT molecular complexity index is 366. The molecule has 0 aromatic carbocycles. The summed E-state index contributed by atoms with van der Waals surface area (Å²) in [5, 5.41) is 10.6. The molecular formula is C11H14F3NO3. The molecule has 1 amide bonds. The van der Waals surface area contributed by atoms with Crippen LogP contribution in [0.3, 0.4) is 0 Å². The monoisotopic (exact) mass is 265 g/mol. The molecule has 2 rings (SSSR count). The summed E-state index contributed by atoms with van der Waals surface area (Å²) in [5.74, 6) is -2.95. The average molecular weight is 265 g/mol. The molecule has 2 aliphatic carbocycles. The van der Waals surface area contributed by atoms with Crippen LogP contribution in [0.15, 0.2) is 0 Å². The molecule has 0 heterocycles.